The van der Waals surface area contributed by atoms with Crippen LogP contribution in [0.2, 0.25) is 0 Å². The lowest BCUT2D eigenvalue weighted by Gasteiger charge is -2.24. The number of hydrogen-bond acceptors (Lipinski definition) is 2. The van der Waals surface area contributed by atoms with Gasteiger partial charge in [-0.1, -0.05) is 0 Å². The first-order valence-electron chi connectivity index (χ1n) is 4.03. The molecule has 0 rings (SSSR count). The van der Waals surface area contributed by atoms with Gasteiger partial charge in [0, 0.05) is 0 Å². The Hall–Kier alpha value is -0.400. The third kappa shape index (κ3) is 2.79. The Morgan fingerprint density at radius 1 is 1.07 bits per heavy atom. The summed E-state index contributed by atoms with van der Waals surface area (Å²) in [4.78, 5) is 2.88. The number of rotatable bonds is 4. The zero-order valence-corrected chi connectivity index (χ0v) is 10.6. The van der Waals surface area contributed by atoms with E-state index in [0.717, 1.165) is 0 Å². The highest BCUT2D eigenvalue weighted by Crippen LogP contribution is 2.24. The van der Waals surface area contributed by atoms with E-state index >= 15 is 0 Å². The summed E-state index contributed by atoms with van der Waals surface area (Å²) < 4.78 is 37.3. The maximum Gasteiger partial charge on any atom is 0.309 e. The number of hydrogen-bond donors (Lipinski definition) is 2. The van der Waals surface area contributed by atoms with E-state index in [1.165, 1.54) is 27.7 Å². The van der Waals surface area contributed by atoms with Crippen LogP contribution in [0.25, 0.3) is 5.53 Å². The lowest BCUT2D eigenvalue weighted by molar-refractivity contribution is -0.0159. The minimum absolute atomic E-state index is 0.198. The summed E-state index contributed by atoms with van der Waals surface area (Å²) in [6.07, 6.45) is 0. The molecule has 0 aliphatic heterocycles. The van der Waals surface area contributed by atoms with Crippen molar-refractivity contribution >= 4 is 27.9 Å². The molecular formula is C7H14N2O4S2. The van der Waals surface area contributed by atoms with Crippen molar-refractivity contribution in [1.29, 1.82) is 0 Å². The van der Waals surface area contributed by atoms with Crippen molar-refractivity contribution < 1.29 is 22.3 Å². The maximum atomic E-state index is 11.0. The predicted molar refractivity (Wildman–Crippen MR) is 58.3 cm³/mol. The quantitative estimate of drug-likeness (QED) is 0.332. The molecule has 2 N–H and O–H groups in total. The molecule has 6 nitrogen and oxygen atoms in total. The summed E-state index contributed by atoms with van der Waals surface area (Å²) in [5.41, 5.74) is 8.59. The molecular weight excluding hydrogens is 240 g/mol. The summed E-state index contributed by atoms with van der Waals surface area (Å²) in [5.74, 6) is 0. The summed E-state index contributed by atoms with van der Waals surface area (Å²) in [7, 11) is 0. The first-order valence-corrected chi connectivity index (χ1v) is 6.24. The fraction of sp³-hybridized carbons (Fsp3) is 0.857. The van der Waals surface area contributed by atoms with E-state index in [1.807, 2.05) is 0 Å². The zero-order valence-electron chi connectivity index (χ0n) is 8.92. The lowest BCUT2D eigenvalue weighted by atomic mass is 9.96. The van der Waals surface area contributed by atoms with Crippen molar-refractivity contribution in [3.63, 3.8) is 0 Å². The summed E-state index contributed by atoms with van der Waals surface area (Å²) in [6, 6.07) is 0. The first-order chi connectivity index (χ1) is 6.58. The van der Waals surface area contributed by atoms with Crippen LogP contribution >= 0.6 is 0 Å². The number of nitrogens with zero attached hydrogens (tertiary/aromatic N) is 2. The van der Waals surface area contributed by atoms with Gasteiger partial charge in [0.1, 0.15) is 0 Å². The van der Waals surface area contributed by atoms with Crippen molar-refractivity contribution in [3.05, 3.63) is 5.53 Å². The van der Waals surface area contributed by atoms with Crippen molar-refractivity contribution in [2.75, 3.05) is 0 Å². The molecule has 0 heterocycles. The van der Waals surface area contributed by atoms with E-state index in [9.17, 15) is 8.42 Å². The average Bonchev–Trinajstić information content (AvgIpc) is 2.03. The van der Waals surface area contributed by atoms with E-state index in [-0.39, 0.29) is 5.71 Å². The monoisotopic (exact) mass is 254 g/mol. The molecule has 0 saturated carbocycles. The van der Waals surface area contributed by atoms with Crippen LogP contribution in [0.1, 0.15) is 27.7 Å². The van der Waals surface area contributed by atoms with Gasteiger partial charge in [-0.3, -0.25) is 0 Å². The third-order valence-corrected chi connectivity index (χ3v) is 4.25. The van der Waals surface area contributed by atoms with Crippen molar-refractivity contribution in [1.82, 2.24) is 0 Å². The summed E-state index contributed by atoms with van der Waals surface area (Å²) >= 11 is -4.61. The highest BCUT2D eigenvalue weighted by atomic mass is 32.2. The summed E-state index contributed by atoms with van der Waals surface area (Å²) in [5, 5.41) is 0. The molecule has 0 aliphatic rings. The van der Waals surface area contributed by atoms with Crippen LogP contribution in [0.5, 0.6) is 0 Å². The molecule has 2 unspecified atom stereocenters. The van der Waals surface area contributed by atoms with Gasteiger partial charge in [0.2, 0.25) is 0 Å². The van der Waals surface area contributed by atoms with Crippen LogP contribution in [0, 0.1) is 0 Å². The van der Waals surface area contributed by atoms with Gasteiger partial charge in [0.25, 0.3) is 0 Å². The van der Waals surface area contributed by atoms with Crippen LogP contribution in [0.4, 0.5) is 0 Å². The fourth-order valence-corrected chi connectivity index (χ4v) is 2.12. The van der Waals surface area contributed by atoms with E-state index in [4.69, 9.17) is 14.6 Å². The standard InChI is InChI=1S/C7H14N2O4S2/c1-6(2,14(10)11)5(9-8)7(3,4)15(12)13/h1-4H3,(H,10,11)(H,12,13). The van der Waals surface area contributed by atoms with Crippen molar-refractivity contribution in [3.8, 4) is 0 Å². The Balaban J connectivity index is 5.59. The second-order valence-corrected chi connectivity index (χ2v) is 7.01. The molecule has 0 amide bonds. The first kappa shape index (κ1) is 14.6. The topological polar surface area (TPSA) is 111 Å². The normalized spacial score (nSPS) is 16.7. The van der Waals surface area contributed by atoms with Crippen LogP contribution in [0.15, 0.2) is 0 Å². The van der Waals surface area contributed by atoms with E-state index in [1.54, 1.807) is 0 Å². The minimum Gasteiger partial charge on any atom is -0.361 e. The molecule has 0 aromatic rings. The average molecular weight is 254 g/mol. The largest absolute Gasteiger partial charge is 0.361 e. The van der Waals surface area contributed by atoms with Gasteiger partial charge >= 0.3 is 5.71 Å². The molecule has 15 heavy (non-hydrogen) atoms. The smallest absolute Gasteiger partial charge is 0.309 e. The maximum absolute atomic E-state index is 11.0. The summed E-state index contributed by atoms with van der Waals surface area (Å²) in [6.45, 7) is 5.42. The molecule has 0 aromatic carbocycles. The molecule has 88 valence electrons. The Kier molecular flexibility index (Phi) is 4.50. The Morgan fingerprint density at radius 3 is 1.47 bits per heavy atom. The SMILES string of the molecule is CC(C)(C(=[N+]=[N-])C(C)(C)S(=O)O)S(=O)O. The highest BCUT2D eigenvalue weighted by Gasteiger charge is 2.51. The fourth-order valence-electron chi connectivity index (χ4n) is 1.13. The lowest BCUT2D eigenvalue weighted by Crippen LogP contribution is -2.51. The minimum atomic E-state index is -2.31. The van der Waals surface area contributed by atoms with Gasteiger partial charge in [0.05, 0.1) is 0 Å². The molecule has 0 aliphatic carbocycles. The Labute approximate surface area is 93.3 Å². The van der Waals surface area contributed by atoms with Crippen LogP contribution in [-0.4, -0.2) is 37.5 Å². The molecule has 0 radical (unpaired) electrons. The molecule has 0 bridgehead atoms. The van der Waals surface area contributed by atoms with Crippen LogP contribution in [0.3, 0.4) is 0 Å². The molecule has 2 atom stereocenters. The van der Waals surface area contributed by atoms with Crippen molar-refractivity contribution in [2.24, 2.45) is 0 Å². The van der Waals surface area contributed by atoms with E-state index < -0.39 is 31.7 Å². The van der Waals surface area contributed by atoms with Gasteiger partial charge in [-0.2, -0.15) is 4.79 Å². The van der Waals surface area contributed by atoms with E-state index in [2.05, 4.69) is 4.79 Å². The van der Waals surface area contributed by atoms with E-state index in [0.29, 0.717) is 0 Å². The van der Waals surface area contributed by atoms with Gasteiger partial charge in [-0.05, 0) is 27.7 Å². The Bertz CT molecular complexity index is 330. The van der Waals surface area contributed by atoms with Gasteiger partial charge in [-0.25, -0.2) is 8.42 Å². The molecule has 0 spiro atoms. The predicted octanol–water partition coefficient (Wildman–Crippen LogP) is 0.658. The highest BCUT2D eigenvalue weighted by molar-refractivity contribution is 7.83. The molecule has 0 aromatic heterocycles. The van der Waals surface area contributed by atoms with Gasteiger partial charge in [0.15, 0.2) is 31.7 Å². The van der Waals surface area contributed by atoms with Crippen molar-refractivity contribution in [2.45, 2.75) is 37.2 Å². The zero-order chi connectivity index (χ0) is 12.4. The molecule has 8 heteroatoms. The second-order valence-electron chi connectivity index (χ2n) is 3.97. The van der Waals surface area contributed by atoms with Gasteiger partial charge < -0.3 is 14.6 Å². The second kappa shape index (κ2) is 4.63. The van der Waals surface area contributed by atoms with Gasteiger partial charge in [-0.15, -0.1) is 0 Å². The molecule has 0 saturated heterocycles. The van der Waals surface area contributed by atoms with Crippen LogP contribution in [-0.2, 0) is 22.2 Å². The van der Waals surface area contributed by atoms with Crippen LogP contribution < -0.4 is 0 Å². The third-order valence-electron chi connectivity index (χ3n) is 2.11. The molecule has 0 fully saturated rings. The Morgan fingerprint density at radius 2 is 1.33 bits per heavy atom.